The van der Waals surface area contributed by atoms with Crippen LogP contribution in [0.1, 0.15) is 0 Å². The second-order valence-corrected chi connectivity index (χ2v) is 1.75. The first-order chi connectivity index (χ1) is 4.47. The summed E-state index contributed by atoms with van der Waals surface area (Å²) in [6, 6.07) is 1.86. The lowest BCUT2D eigenvalue weighted by atomic mass is 10.4. The van der Waals surface area contributed by atoms with Crippen molar-refractivity contribution in [3.8, 4) is 0 Å². The monoisotopic (exact) mass is 121 g/mol. The third-order valence-electron chi connectivity index (χ3n) is 1.18. The molecule has 2 aromatic rings. The van der Waals surface area contributed by atoms with E-state index >= 15 is 0 Å². The van der Waals surface area contributed by atoms with Gasteiger partial charge in [-0.15, -0.1) is 0 Å². The largest absolute Gasteiger partial charge is 0.437 e. The molecule has 0 radical (unpaired) electrons. The second-order valence-electron chi connectivity index (χ2n) is 1.75. The normalized spacial score (nSPS) is 10.2. The number of nitrogens with zero attached hydrogens (tertiary/aromatic N) is 1. The van der Waals surface area contributed by atoms with Crippen molar-refractivity contribution in [3.63, 3.8) is 0 Å². The molecule has 3 nitrogen and oxygen atoms in total. The van der Waals surface area contributed by atoms with Crippen LogP contribution in [0.3, 0.4) is 0 Å². The first-order valence-corrected chi connectivity index (χ1v) is 2.66. The Bertz CT molecular complexity index is 285. The first kappa shape index (κ1) is 4.49. The minimum atomic E-state index is 0.789. The van der Waals surface area contributed by atoms with Crippen molar-refractivity contribution < 1.29 is 9.40 Å². The predicted molar refractivity (Wildman–Crippen MR) is 30.6 cm³/mol. The third kappa shape index (κ3) is 0.579. The fourth-order valence-electron chi connectivity index (χ4n) is 0.748. The van der Waals surface area contributed by atoms with E-state index in [2.05, 4.69) is 9.97 Å². The molecule has 2 rings (SSSR count). The van der Waals surface area contributed by atoms with E-state index in [1.165, 1.54) is 6.39 Å². The Morgan fingerprint density at radius 1 is 1.56 bits per heavy atom. The van der Waals surface area contributed by atoms with Crippen molar-refractivity contribution in [1.82, 2.24) is 4.98 Å². The van der Waals surface area contributed by atoms with Crippen molar-refractivity contribution >= 4 is 11.1 Å². The highest BCUT2D eigenvalue weighted by Crippen LogP contribution is 2.05. The molecule has 2 aromatic heterocycles. The molecule has 0 aliphatic heterocycles. The molecule has 0 bridgehead atoms. The van der Waals surface area contributed by atoms with E-state index in [-0.39, 0.29) is 0 Å². The summed E-state index contributed by atoms with van der Waals surface area (Å²) in [6.07, 6.45) is 5.01. The van der Waals surface area contributed by atoms with Crippen LogP contribution in [0.25, 0.3) is 11.1 Å². The molecule has 0 saturated carbocycles. The van der Waals surface area contributed by atoms with Crippen LogP contribution in [0, 0.1) is 0 Å². The molecule has 0 unspecified atom stereocenters. The fraction of sp³-hybridized carbons (Fsp3) is 0. The number of fused-ring (bicyclic) bond motifs is 1. The minimum absolute atomic E-state index is 0.789. The molecule has 0 atom stereocenters. The van der Waals surface area contributed by atoms with Crippen molar-refractivity contribution in [2.75, 3.05) is 0 Å². The van der Waals surface area contributed by atoms with Crippen LogP contribution in [0.5, 0.6) is 0 Å². The van der Waals surface area contributed by atoms with E-state index in [1.54, 1.807) is 6.20 Å². The van der Waals surface area contributed by atoms with Gasteiger partial charge < -0.3 is 4.42 Å². The van der Waals surface area contributed by atoms with Gasteiger partial charge in [-0.25, -0.2) is 9.97 Å². The Morgan fingerprint density at radius 2 is 2.56 bits per heavy atom. The highest BCUT2D eigenvalue weighted by molar-refractivity contribution is 5.68. The smallest absolute Gasteiger partial charge is 0.217 e. The Morgan fingerprint density at radius 3 is 3.44 bits per heavy atom. The lowest BCUT2D eigenvalue weighted by molar-refractivity contribution is -0.376. The van der Waals surface area contributed by atoms with Crippen LogP contribution in [0.4, 0.5) is 0 Å². The maximum Gasteiger partial charge on any atom is 0.217 e. The highest BCUT2D eigenvalue weighted by Gasteiger charge is 1.96. The van der Waals surface area contributed by atoms with Gasteiger partial charge in [-0.1, -0.05) is 0 Å². The Hall–Kier alpha value is -1.38. The number of hydrogen-bond acceptors (Lipinski definition) is 2. The van der Waals surface area contributed by atoms with E-state index in [9.17, 15) is 0 Å². The molecule has 3 heteroatoms. The average molecular weight is 121 g/mol. The second kappa shape index (κ2) is 1.55. The van der Waals surface area contributed by atoms with Gasteiger partial charge in [0.25, 0.3) is 0 Å². The van der Waals surface area contributed by atoms with Crippen LogP contribution in [0.2, 0.25) is 0 Å². The third-order valence-corrected chi connectivity index (χ3v) is 1.18. The molecule has 0 aliphatic carbocycles. The number of pyridine rings is 1. The van der Waals surface area contributed by atoms with Gasteiger partial charge in [0.1, 0.15) is 5.52 Å². The number of hydrogen-bond donors (Lipinski definition) is 0. The molecular weight excluding hydrogens is 116 g/mol. The van der Waals surface area contributed by atoms with Gasteiger partial charge in [0.15, 0.2) is 12.6 Å². The zero-order valence-electron chi connectivity index (χ0n) is 4.66. The molecular formula is C6H5N2O+. The number of oxazole rings is 1. The van der Waals surface area contributed by atoms with Gasteiger partial charge >= 0.3 is 0 Å². The maximum atomic E-state index is 4.98. The summed E-state index contributed by atoms with van der Waals surface area (Å²) >= 11 is 0. The van der Waals surface area contributed by atoms with Crippen molar-refractivity contribution in [2.24, 2.45) is 0 Å². The number of rotatable bonds is 0. The number of H-pyrrole nitrogens is 1. The van der Waals surface area contributed by atoms with Gasteiger partial charge in [-0.05, 0) is 0 Å². The van der Waals surface area contributed by atoms with Crippen LogP contribution in [0.15, 0.2) is 29.3 Å². The molecule has 1 N–H and O–H groups in total. The van der Waals surface area contributed by atoms with Gasteiger partial charge in [0.05, 0.1) is 0 Å². The van der Waals surface area contributed by atoms with Gasteiger partial charge in [0, 0.05) is 6.07 Å². The lowest BCUT2D eigenvalue weighted by Gasteiger charge is -1.73. The van der Waals surface area contributed by atoms with Gasteiger partial charge in [-0.2, -0.15) is 0 Å². The SMILES string of the molecule is c1cc2ncoc2c[nH+]1. The van der Waals surface area contributed by atoms with E-state index in [0.29, 0.717) is 0 Å². The summed E-state index contributed by atoms with van der Waals surface area (Å²) in [5.41, 5.74) is 1.67. The summed E-state index contributed by atoms with van der Waals surface area (Å²) in [5, 5.41) is 0. The maximum absolute atomic E-state index is 4.98. The number of aromatic amines is 1. The van der Waals surface area contributed by atoms with Crippen LogP contribution < -0.4 is 4.98 Å². The molecule has 2 heterocycles. The standard InChI is InChI=1S/C6H4N2O/c1-2-7-3-6-5(1)8-4-9-6/h1-4H/p+1. The van der Waals surface area contributed by atoms with E-state index in [0.717, 1.165) is 11.1 Å². The molecule has 0 saturated heterocycles. The van der Waals surface area contributed by atoms with E-state index in [4.69, 9.17) is 4.42 Å². The zero-order chi connectivity index (χ0) is 6.10. The summed E-state index contributed by atoms with van der Waals surface area (Å²) in [7, 11) is 0. The molecule has 0 aromatic carbocycles. The van der Waals surface area contributed by atoms with Crippen LogP contribution in [-0.4, -0.2) is 4.98 Å². The molecule has 0 spiro atoms. The average Bonchev–Trinajstić information content (AvgIpc) is 2.33. The Labute approximate surface area is 51.3 Å². The number of nitrogens with one attached hydrogen (secondary N) is 1. The van der Waals surface area contributed by atoms with Crippen molar-refractivity contribution in [2.45, 2.75) is 0 Å². The Balaban J connectivity index is 2.95. The molecule has 9 heavy (non-hydrogen) atoms. The molecule has 0 aliphatic rings. The zero-order valence-corrected chi connectivity index (χ0v) is 4.66. The minimum Gasteiger partial charge on any atom is -0.437 e. The van der Waals surface area contributed by atoms with Crippen LogP contribution >= 0.6 is 0 Å². The van der Waals surface area contributed by atoms with Gasteiger partial charge in [0.2, 0.25) is 11.8 Å². The highest BCUT2D eigenvalue weighted by atomic mass is 16.3. The number of aromatic nitrogens is 2. The molecule has 0 amide bonds. The fourth-order valence-corrected chi connectivity index (χ4v) is 0.748. The summed E-state index contributed by atoms with van der Waals surface area (Å²) in [4.78, 5) is 6.82. The van der Waals surface area contributed by atoms with E-state index in [1.807, 2.05) is 12.3 Å². The topological polar surface area (TPSA) is 40.2 Å². The molecule has 0 fully saturated rings. The predicted octanol–water partition coefficient (Wildman–Crippen LogP) is 0.642. The van der Waals surface area contributed by atoms with Gasteiger partial charge in [-0.3, -0.25) is 0 Å². The lowest BCUT2D eigenvalue weighted by Crippen LogP contribution is -1.95. The summed E-state index contributed by atoms with van der Waals surface area (Å²) in [6.45, 7) is 0. The van der Waals surface area contributed by atoms with Crippen LogP contribution in [-0.2, 0) is 0 Å². The van der Waals surface area contributed by atoms with Crippen molar-refractivity contribution in [1.29, 1.82) is 0 Å². The van der Waals surface area contributed by atoms with Crippen molar-refractivity contribution in [3.05, 3.63) is 24.9 Å². The van der Waals surface area contributed by atoms with E-state index < -0.39 is 0 Å². The summed E-state index contributed by atoms with van der Waals surface area (Å²) < 4.78 is 4.98. The quantitative estimate of drug-likeness (QED) is 0.513. The first-order valence-electron chi connectivity index (χ1n) is 2.66. The summed E-state index contributed by atoms with van der Waals surface area (Å²) in [5.74, 6) is 0. The Kier molecular flexibility index (Phi) is 0.773. The molecule has 44 valence electrons.